The highest BCUT2D eigenvalue weighted by Gasteiger charge is 2.45. The molecule has 206 valence electrons. The number of nitrogens with one attached hydrogen (secondary N) is 2. The number of cyclic esters (lactones) is 1. The Labute approximate surface area is 230 Å². The number of anilines is 2. The molecule has 1 aromatic heterocycles. The molecule has 2 aliphatic heterocycles. The predicted octanol–water partition coefficient (Wildman–Crippen LogP) is 4.66. The third-order valence-corrected chi connectivity index (χ3v) is 8.69. The molecule has 1 aromatic carbocycles. The van der Waals surface area contributed by atoms with Gasteiger partial charge in [0.1, 0.15) is 12.4 Å². The molecule has 4 aliphatic rings. The molecule has 1 atom stereocenters. The lowest BCUT2D eigenvalue weighted by molar-refractivity contribution is -0.117. The number of nitrogens with zero attached hydrogens (tertiary/aromatic N) is 4. The number of ether oxygens (including phenoxy) is 1. The van der Waals surface area contributed by atoms with E-state index < -0.39 is 0 Å². The monoisotopic (exact) mass is 530 g/mol. The molecule has 2 aliphatic carbocycles. The van der Waals surface area contributed by atoms with E-state index in [0.717, 1.165) is 50.3 Å². The van der Waals surface area contributed by atoms with Crippen molar-refractivity contribution >= 4 is 23.8 Å². The van der Waals surface area contributed by atoms with Gasteiger partial charge in [-0.3, -0.25) is 14.6 Å². The average Bonchev–Trinajstić information content (AvgIpc) is 3.90. The SMILES string of the molecule is C=CC(=O)NC1CCN(C(CC2CC2)c2ccc(C3(Nc4ncc5c(n4)N(CC)C(=O)OC5)CC3)cc2)CC1. The van der Waals surface area contributed by atoms with Crippen LogP contribution in [-0.2, 0) is 21.7 Å². The molecule has 0 spiro atoms. The van der Waals surface area contributed by atoms with Crippen LogP contribution in [0.1, 0.15) is 74.6 Å². The highest BCUT2D eigenvalue weighted by atomic mass is 16.6. The van der Waals surface area contributed by atoms with E-state index in [-0.39, 0.29) is 30.2 Å². The van der Waals surface area contributed by atoms with Gasteiger partial charge in [-0.1, -0.05) is 43.7 Å². The molecule has 3 fully saturated rings. The molecule has 2 saturated carbocycles. The fourth-order valence-electron chi connectivity index (χ4n) is 6.01. The first kappa shape index (κ1) is 25.8. The predicted molar refractivity (Wildman–Crippen MR) is 149 cm³/mol. The summed E-state index contributed by atoms with van der Waals surface area (Å²) < 4.78 is 5.22. The van der Waals surface area contributed by atoms with Gasteiger partial charge in [0, 0.05) is 37.9 Å². The fourth-order valence-corrected chi connectivity index (χ4v) is 6.01. The first-order chi connectivity index (χ1) is 19.0. The molecule has 39 heavy (non-hydrogen) atoms. The first-order valence-corrected chi connectivity index (χ1v) is 14.3. The van der Waals surface area contributed by atoms with Crippen LogP contribution in [0, 0.1) is 5.92 Å². The molecular weight excluding hydrogens is 492 g/mol. The summed E-state index contributed by atoms with van der Waals surface area (Å²) in [6.45, 7) is 8.17. The van der Waals surface area contributed by atoms with E-state index in [2.05, 4.69) is 51.4 Å². The first-order valence-electron chi connectivity index (χ1n) is 14.3. The van der Waals surface area contributed by atoms with Crippen molar-refractivity contribution in [2.45, 2.75) is 76.1 Å². The molecule has 0 bridgehead atoms. The van der Waals surface area contributed by atoms with Crippen molar-refractivity contribution in [1.29, 1.82) is 0 Å². The van der Waals surface area contributed by atoms with Crippen molar-refractivity contribution < 1.29 is 14.3 Å². The van der Waals surface area contributed by atoms with Crippen LogP contribution in [0.3, 0.4) is 0 Å². The molecule has 3 heterocycles. The number of fused-ring (bicyclic) bond motifs is 1. The molecule has 9 nitrogen and oxygen atoms in total. The molecule has 2 aromatic rings. The topological polar surface area (TPSA) is 99.7 Å². The Bertz CT molecular complexity index is 1230. The zero-order valence-electron chi connectivity index (χ0n) is 22.7. The van der Waals surface area contributed by atoms with Gasteiger partial charge >= 0.3 is 6.09 Å². The Morgan fingerprint density at radius 3 is 2.59 bits per heavy atom. The Morgan fingerprint density at radius 1 is 1.21 bits per heavy atom. The van der Waals surface area contributed by atoms with Crippen molar-refractivity contribution in [2.75, 3.05) is 29.9 Å². The summed E-state index contributed by atoms with van der Waals surface area (Å²) in [5.74, 6) is 1.92. The second-order valence-corrected chi connectivity index (χ2v) is 11.4. The summed E-state index contributed by atoms with van der Waals surface area (Å²) in [6.07, 6.45) is 10.6. The zero-order valence-corrected chi connectivity index (χ0v) is 22.7. The van der Waals surface area contributed by atoms with Gasteiger partial charge in [0.05, 0.1) is 11.1 Å². The van der Waals surface area contributed by atoms with E-state index in [1.807, 2.05) is 6.92 Å². The standard InChI is InChI=1S/C30H38N6O3/c1-3-26(37)32-24-11-15-35(16-12-24)25(17-20-5-6-20)21-7-9-23(10-8-21)30(13-14-30)34-28-31-18-22-19-39-29(38)36(4-2)27(22)33-28/h3,7-10,18,20,24-25H,1,4-6,11-17,19H2,2H3,(H,32,37)(H,31,33,34). The lowest BCUT2D eigenvalue weighted by atomic mass is 9.93. The lowest BCUT2D eigenvalue weighted by Crippen LogP contribution is -2.45. The van der Waals surface area contributed by atoms with Crippen LogP contribution in [0.4, 0.5) is 16.6 Å². The molecule has 9 heteroatoms. The van der Waals surface area contributed by atoms with Crippen molar-refractivity contribution in [3.63, 3.8) is 0 Å². The summed E-state index contributed by atoms with van der Waals surface area (Å²) in [7, 11) is 0. The minimum absolute atomic E-state index is 0.0767. The number of benzene rings is 1. The number of likely N-dealkylation sites (tertiary alicyclic amines) is 1. The van der Waals surface area contributed by atoms with Crippen LogP contribution in [-0.4, -0.2) is 52.5 Å². The van der Waals surface area contributed by atoms with E-state index in [1.165, 1.54) is 36.5 Å². The Hall–Kier alpha value is -3.46. The molecule has 0 radical (unpaired) electrons. The number of hydrogen-bond donors (Lipinski definition) is 2. The van der Waals surface area contributed by atoms with Crippen molar-refractivity contribution in [3.8, 4) is 0 Å². The highest BCUT2D eigenvalue weighted by molar-refractivity contribution is 5.89. The van der Waals surface area contributed by atoms with Gasteiger partial charge in [0.2, 0.25) is 11.9 Å². The zero-order chi connectivity index (χ0) is 27.0. The summed E-state index contributed by atoms with van der Waals surface area (Å²) in [4.78, 5) is 37.3. The van der Waals surface area contributed by atoms with Gasteiger partial charge in [-0.05, 0) is 62.1 Å². The van der Waals surface area contributed by atoms with Crippen molar-refractivity contribution in [2.24, 2.45) is 5.92 Å². The van der Waals surface area contributed by atoms with E-state index in [9.17, 15) is 9.59 Å². The quantitative estimate of drug-likeness (QED) is 0.431. The Kier molecular flexibility index (Phi) is 7.01. The summed E-state index contributed by atoms with van der Waals surface area (Å²) in [5, 5.41) is 6.65. The maximum atomic E-state index is 12.2. The fraction of sp³-hybridized carbons (Fsp3) is 0.533. The van der Waals surface area contributed by atoms with Crippen LogP contribution < -0.4 is 15.5 Å². The van der Waals surface area contributed by atoms with Gasteiger partial charge in [-0.2, -0.15) is 4.98 Å². The molecule has 1 saturated heterocycles. The largest absolute Gasteiger partial charge is 0.444 e. The second-order valence-electron chi connectivity index (χ2n) is 11.4. The molecule has 2 N–H and O–H groups in total. The Balaban J connectivity index is 1.15. The highest BCUT2D eigenvalue weighted by Crippen LogP contribution is 2.49. The average molecular weight is 531 g/mol. The minimum Gasteiger partial charge on any atom is -0.444 e. The van der Waals surface area contributed by atoms with Crippen molar-refractivity contribution in [3.05, 3.63) is 59.8 Å². The molecule has 2 amide bonds. The van der Waals surface area contributed by atoms with E-state index >= 15 is 0 Å². The van der Waals surface area contributed by atoms with Crippen LogP contribution in [0.2, 0.25) is 0 Å². The van der Waals surface area contributed by atoms with Gasteiger partial charge < -0.3 is 15.4 Å². The number of aromatic nitrogens is 2. The summed E-state index contributed by atoms with van der Waals surface area (Å²) >= 11 is 0. The number of hydrogen-bond acceptors (Lipinski definition) is 7. The van der Waals surface area contributed by atoms with Gasteiger partial charge in [-0.25, -0.2) is 9.78 Å². The van der Waals surface area contributed by atoms with Crippen LogP contribution in [0.15, 0.2) is 43.1 Å². The number of carbonyl (C=O) groups is 2. The molecule has 1 unspecified atom stereocenters. The van der Waals surface area contributed by atoms with E-state index in [1.54, 1.807) is 11.1 Å². The van der Waals surface area contributed by atoms with Crippen molar-refractivity contribution in [1.82, 2.24) is 20.2 Å². The maximum absolute atomic E-state index is 12.2. The van der Waals surface area contributed by atoms with Gasteiger partial charge in [0.25, 0.3) is 0 Å². The molecular formula is C30H38N6O3. The number of rotatable bonds is 10. The third-order valence-electron chi connectivity index (χ3n) is 8.69. The van der Waals surface area contributed by atoms with E-state index in [0.29, 0.717) is 24.4 Å². The smallest absolute Gasteiger partial charge is 0.415 e. The third kappa shape index (κ3) is 5.50. The van der Waals surface area contributed by atoms with Crippen LogP contribution in [0.25, 0.3) is 0 Å². The van der Waals surface area contributed by atoms with Gasteiger partial charge in [0.15, 0.2) is 0 Å². The minimum atomic E-state index is -0.363. The normalized spacial score (nSPS) is 21.5. The molecule has 6 rings (SSSR count). The number of carbonyl (C=O) groups excluding carboxylic acids is 2. The lowest BCUT2D eigenvalue weighted by Gasteiger charge is -2.38. The van der Waals surface area contributed by atoms with E-state index in [4.69, 9.17) is 9.72 Å². The number of piperidine rings is 1. The maximum Gasteiger partial charge on any atom is 0.415 e. The summed E-state index contributed by atoms with van der Waals surface area (Å²) in [5.41, 5.74) is 3.27. The van der Waals surface area contributed by atoms with Gasteiger partial charge in [-0.15, -0.1) is 0 Å². The second kappa shape index (κ2) is 10.6. The van der Waals surface area contributed by atoms with Crippen LogP contribution in [0.5, 0.6) is 0 Å². The Morgan fingerprint density at radius 2 is 1.95 bits per heavy atom. The number of amides is 2. The van der Waals surface area contributed by atoms with Crippen LogP contribution >= 0.6 is 0 Å². The summed E-state index contributed by atoms with van der Waals surface area (Å²) in [6, 6.07) is 9.78.